The van der Waals surface area contributed by atoms with Crippen LogP contribution in [0.3, 0.4) is 0 Å². The monoisotopic (exact) mass is 293 g/mol. The first-order chi connectivity index (χ1) is 7.11. The number of ether oxygens (including phenoxy) is 1. The van der Waals surface area contributed by atoms with Gasteiger partial charge in [0.2, 0.25) is 0 Å². The van der Waals surface area contributed by atoms with Gasteiger partial charge in [0.15, 0.2) is 5.90 Å². The molecule has 0 fully saturated rings. The molecule has 0 aromatic heterocycles. The fraction of sp³-hybridized carbons (Fsp3) is 0.273. The molecule has 0 bridgehead atoms. The number of nitrogens with zero attached hydrogens (tertiary/aromatic N) is 1. The molecule has 0 aliphatic heterocycles. The summed E-state index contributed by atoms with van der Waals surface area (Å²) in [6.45, 7) is 3.55. The van der Waals surface area contributed by atoms with E-state index < -0.39 is 0 Å². The Morgan fingerprint density at radius 2 is 2.25 bits per heavy atom. The van der Waals surface area contributed by atoms with Gasteiger partial charge in [-0.05, 0) is 5.69 Å². The zero-order valence-electron chi connectivity index (χ0n) is 9.45. The Morgan fingerprint density at radius 3 is 2.69 bits per heavy atom. The van der Waals surface area contributed by atoms with E-state index in [1.165, 1.54) is 6.92 Å². The van der Waals surface area contributed by atoms with Crippen LogP contribution in [0, 0.1) is 11.5 Å². The summed E-state index contributed by atoms with van der Waals surface area (Å²) in [5.74, 6) is 0.0189. The minimum Gasteiger partial charge on any atom is -0.413 e. The van der Waals surface area contributed by atoms with Crippen molar-refractivity contribution in [3.8, 4) is 0 Å². The number of hydrogen-bond acceptors (Lipinski definition) is 3. The molecular weight excluding hydrogens is 279 g/mol. The van der Waals surface area contributed by atoms with Crippen LogP contribution in [-0.2, 0) is 43.9 Å². The first kappa shape index (κ1) is 15.3. The van der Waals surface area contributed by atoms with Crippen LogP contribution in [0.1, 0.15) is 19.4 Å². The molecule has 16 heavy (non-hydrogen) atoms. The molecule has 0 saturated carbocycles. The minimum absolute atomic E-state index is 0. The van der Waals surface area contributed by atoms with E-state index in [2.05, 4.69) is 18.0 Å². The molecule has 0 aliphatic carbocycles. The molecule has 0 unspecified atom stereocenters. The molecule has 1 aromatic carbocycles. The fourth-order valence-corrected chi connectivity index (χ4v) is 1.05. The van der Waals surface area contributed by atoms with E-state index in [9.17, 15) is 0 Å². The number of aliphatic imine (C=N–C) groups is 1. The van der Waals surface area contributed by atoms with Crippen LogP contribution in [0.5, 0.6) is 0 Å². The summed E-state index contributed by atoms with van der Waals surface area (Å²) in [5, 5.41) is 7.06. The third-order valence-electron chi connectivity index (χ3n) is 1.74. The first-order valence-electron chi connectivity index (χ1n) is 4.69. The van der Waals surface area contributed by atoms with E-state index in [0.29, 0.717) is 5.69 Å². The molecule has 1 aromatic rings. The topological polar surface area (TPSA) is 71.5 Å². The van der Waals surface area contributed by atoms with Gasteiger partial charge < -0.3 is 10.5 Å². The summed E-state index contributed by atoms with van der Waals surface area (Å²) in [6.07, 6.45) is 0.940. The van der Waals surface area contributed by atoms with Crippen LogP contribution in [0.25, 0.3) is 0 Å². The van der Waals surface area contributed by atoms with Gasteiger partial charge in [-0.3, -0.25) is 10.4 Å². The van der Waals surface area contributed by atoms with Gasteiger partial charge in [-0.25, -0.2) is 0 Å². The molecule has 1 rings (SSSR count). The molecule has 1 radical (unpaired) electrons. The number of nitrogens with two attached hydrogens (primary N) is 1. The molecule has 3 N–H and O–H groups in total. The predicted molar refractivity (Wildman–Crippen MR) is 60.4 cm³/mol. The maximum absolute atomic E-state index is 7.06. The van der Waals surface area contributed by atoms with Crippen LogP contribution in [0.4, 0.5) is 5.69 Å². The molecule has 5 heteroatoms. The number of nitrogens with one attached hydrogen (secondary N) is 1. The van der Waals surface area contributed by atoms with Crippen molar-refractivity contribution in [2.45, 2.75) is 20.3 Å². The average molecular weight is 293 g/mol. The number of hydrogen-bond donors (Lipinski definition) is 2. The molecular formula is C11H14N3OY-. The number of aryl methyl sites for hydroxylation is 1. The Balaban J connectivity index is 0.00000225. The normalized spacial score (nSPS) is 10.5. The van der Waals surface area contributed by atoms with Crippen molar-refractivity contribution in [3.05, 3.63) is 29.8 Å². The summed E-state index contributed by atoms with van der Waals surface area (Å²) < 4.78 is 4.81. The molecule has 0 saturated heterocycles. The van der Waals surface area contributed by atoms with Gasteiger partial charge in [0.1, 0.15) is 0 Å². The van der Waals surface area contributed by atoms with E-state index in [1.807, 2.05) is 12.1 Å². The molecule has 0 amide bonds. The largest absolute Gasteiger partial charge is 0.413 e. The van der Waals surface area contributed by atoms with Gasteiger partial charge in [-0.2, -0.15) is 23.8 Å². The van der Waals surface area contributed by atoms with E-state index in [-0.39, 0.29) is 44.6 Å². The Bertz CT molecular complexity index is 373. The van der Waals surface area contributed by atoms with Crippen molar-refractivity contribution >= 4 is 17.6 Å². The number of benzene rings is 1. The molecule has 0 atom stereocenters. The van der Waals surface area contributed by atoms with Gasteiger partial charge in [-0.1, -0.05) is 13.3 Å². The molecule has 0 spiro atoms. The smallest absolute Gasteiger partial charge is 0.281 e. The summed E-state index contributed by atoms with van der Waals surface area (Å²) in [7, 11) is 0. The maximum atomic E-state index is 7.06. The summed E-state index contributed by atoms with van der Waals surface area (Å²) >= 11 is 0. The summed E-state index contributed by atoms with van der Waals surface area (Å²) in [4.78, 5) is 3.97. The molecule has 0 heterocycles. The standard InChI is InChI=1S/C11H14N3O.Y/c1-3-9-4-6-10(7-5-9)14-11(13)15-8(2)12;/h4,6-7,12H,3H2,1-2H3,(H2,13,14);/q-1;. The maximum Gasteiger partial charge on any atom is 0.281 e. The molecule has 0 aliphatic rings. The van der Waals surface area contributed by atoms with Crippen molar-refractivity contribution in [2.24, 2.45) is 10.7 Å². The van der Waals surface area contributed by atoms with Crippen molar-refractivity contribution in [1.82, 2.24) is 0 Å². The van der Waals surface area contributed by atoms with E-state index in [4.69, 9.17) is 15.9 Å². The molecule has 83 valence electrons. The van der Waals surface area contributed by atoms with E-state index in [0.717, 1.165) is 12.0 Å². The number of rotatable bonds is 2. The zero-order valence-corrected chi connectivity index (χ0v) is 12.3. The average Bonchev–Trinajstić information content (AvgIpc) is 2.17. The first-order valence-corrected chi connectivity index (χ1v) is 4.69. The third kappa shape index (κ3) is 5.38. The second kappa shape index (κ2) is 7.52. The predicted octanol–water partition coefficient (Wildman–Crippen LogP) is 2.01. The quantitative estimate of drug-likeness (QED) is 0.497. The van der Waals surface area contributed by atoms with Crippen LogP contribution >= 0.6 is 0 Å². The third-order valence-corrected chi connectivity index (χ3v) is 1.74. The Hall–Kier alpha value is -0.736. The van der Waals surface area contributed by atoms with E-state index >= 15 is 0 Å². The van der Waals surface area contributed by atoms with E-state index in [1.54, 1.807) is 6.07 Å². The minimum atomic E-state index is -0.0276. The van der Waals surface area contributed by atoms with Gasteiger partial charge in [0, 0.05) is 39.6 Å². The van der Waals surface area contributed by atoms with Gasteiger partial charge >= 0.3 is 0 Å². The van der Waals surface area contributed by atoms with Crippen molar-refractivity contribution in [3.63, 3.8) is 0 Å². The van der Waals surface area contributed by atoms with Gasteiger partial charge in [0.05, 0.1) is 0 Å². The van der Waals surface area contributed by atoms with Crippen LogP contribution in [-0.4, -0.2) is 11.9 Å². The second-order valence-corrected chi connectivity index (χ2v) is 3.03. The Morgan fingerprint density at radius 1 is 1.56 bits per heavy atom. The fourth-order valence-electron chi connectivity index (χ4n) is 1.05. The Kier molecular flexibility index (Phi) is 7.18. The second-order valence-electron chi connectivity index (χ2n) is 3.03. The van der Waals surface area contributed by atoms with Crippen LogP contribution < -0.4 is 5.73 Å². The van der Waals surface area contributed by atoms with Gasteiger partial charge in [-0.15, -0.1) is 6.07 Å². The SMILES string of the molecule is CCc1[c-]cc(N=C(N)OC(C)=N)cc1.[Y]. The van der Waals surface area contributed by atoms with Crippen molar-refractivity contribution in [1.29, 1.82) is 5.41 Å². The van der Waals surface area contributed by atoms with Crippen molar-refractivity contribution < 1.29 is 37.4 Å². The zero-order chi connectivity index (χ0) is 11.3. The summed E-state index contributed by atoms with van der Waals surface area (Å²) in [5.41, 5.74) is 7.24. The van der Waals surface area contributed by atoms with Crippen LogP contribution in [0.2, 0.25) is 0 Å². The van der Waals surface area contributed by atoms with Crippen LogP contribution in [0.15, 0.2) is 23.2 Å². The van der Waals surface area contributed by atoms with Gasteiger partial charge in [0.25, 0.3) is 6.02 Å². The van der Waals surface area contributed by atoms with Crippen molar-refractivity contribution in [2.75, 3.05) is 0 Å². The Labute approximate surface area is 121 Å². The summed E-state index contributed by atoms with van der Waals surface area (Å²) in [6, 6.07) is 8.56. The molecule has 4 nitrogen and oxygen atoms in total. The number of amidine groups is 1.